The highest BCUT2D eigenvalue weighted by Gasteiger charge is 2.26. The lowest BCUT2D eigenvalue weighted by molar-refractivity contribution is 0.0931. The van der Waals surface area contributed by atoms with Gasteiger partial charge in [0, 0.05) is 37.3 Å². The van der Waals surface area contributed by atoms with Gasteiger partial charge in [-0.05, 0) is 43.6 Å². The normalized spacial score (nSPS) is 18.1. The maximum Gasteiger partial charge on any atom is 0.272 e. The first-order valence-electron chi connectivity index (χ1n) is 9.69. The molecule has 2 aliphatic heterocycles. The van der Waals surface area contributed by atoms with Crippen LogP contribution in [0.3, 0.4) is 0 Å². The standard InChI is InChI=1S/C20H27N5O2/c1-27-15-6-4-14(5-7-15)18(25-10-2-3-11-25)13-22-20(26)19-16-12-21-9-8-17(16)23-24-19/h4-7,18,21H,2-3,8-13H2,1H3,(H,22,26)(H,23,24). The molecular formula is C20H27N5O2. The highest BCUT2D eigenvalue weighted by atomic mass is 16.5. The van der Waals surface area contributed by atoms with Gasteiger partial charge < -0.3 is 15.4 Å². The van der Waals surface area contributed by atoms with Crippen molar-refractivity contribution in [3.8, 4) is 5.75 Å². The molecule has 2 aromatic rings. The molecule has 4 rings (SSSR count). The molecule has 0 saturated carbocycles. The molecule has 1 saturated heterocycles. The quantitative estimate of drug-likeness (QED) is 0.721. The number of carbonyl (C=O) groups excluding carboxylic acids is 1. The molecule has 1 atom stereocenters. The summed E-state index contributed by atoms with van der Waals surface area (Å²) >= 11 is 0. The van der Waals surface area contributed by atoms with Gasteiger partial charge in [0.05, 0.1) is 13.2 Å². The molecule has 3 N–H and O–H groups in total. The summed E-state index contributed by atoms with van der Waals surface area (Å²) < 4.78 is 5.27. The molecule has 1 unspecified atom stereocenters. The van der Waals surface area contributed by atoms with Crippen molar-refractivity contribution in [3.63, 3.8) is 0 Å². The lowest BCUT2D eigenvalue weighted by Crippen LogP contribution is -2.37. The average Bonchev–Trinajstić information content (AvgIpc) is 3.38. The van der Waals surface area contributed by atoms with Crippen molar-refractivity contribution in [2.45, 2.75) is 31.8 Å². The van der Waals surface area contributed by atoms with Crippen LogP contribution in [0.5, 0.6) is 5.75 Å². The molecule has 1 aromatic heterocycles. The molecular weight excluding hydrogens is 342 g/mol. The van der Waals surface area contributed by atoms with Crippen molar-refractivity contribution in [2.24, 2.45) is 0 Å². The van der Waals surface area contributed by atoms with Gasteiger partial charge in [-0.25, -0.2) is 0 Å². The van der Waals surface area contributed by atoms with Crippen molar-refractivity contribution < 1.29 is 9.53 Å². The Morgan fingerprint density at radius 2 is 2.07 bits per heavy atom. The minimum absolute atomic E-state index is 0.103. The van der Waals surface area contributed by atoms with Crippen LogP contribution in [0, 0.1) is 0 Å². The SMILES string of the molecule is COc1ccc(C(CNC(=O)c2n[nH]c3c2CNCC3)N2CCCC2)cc1. The van der Waals surface area contributed by atoms with Crippen LogP contribution in [0.15, 0.2) is 24.3 Å². The molecule has 7 heteroatoms. The summed E-state index contributed by atoms with van der Waals surface area (Å²) in [5.41, 5.74) is 3.79. The van der Waals surface area contributed by atoms with Crippen LogP contribution in [-0.4, -0.2) is 54.3 Å². The zero-order chi connectivity index (χ0) is 18.6. The smallest absolute Gasteiger partial charge is 0.272 e. The highest BCUT2D eigenvalue weighted by molar-refractivity contribution is 5.94. The number of H-pyrrole nitrogens is 1. The van der Waals surface area contributed by atoms with Crippen LogP contribution < -0.4 is 15.4 Å². The number of fused-ring (bicyclic) bond motifs is 1. The van der Waals surface area contributed by atoms with Crippen LogP contribution in [-0.2, 0) is 13.0 Å². The van der Waals surface area contributed by atoms with E-state index in [1.807, 2.05) is 12.1 Å². The van der Waals surface area contributed by atoms with E-state index in [1.165, 1.54) is 18.4 Å². The number of hydrogen-bond acceptors (Lipinski definition) is 5. The Labute approximate surface area is 159 Å². The molecule has 7 nitrogen and oxygen atoms in total. The molecule has 0 spiro atoms. The summed E-state index contributed by atoms with van der Waals surface area (Å²) in [5.74, 6) is 0.743. The second kappa shape index (κ2) is 8.10. The number of carbonyl (C=O) groups is 1. The molecule has 0 bridgehead atoms. The minimum Gasteiger partial charge on any atom is -0.497 e. The van der Waals surface area contributed by atoms with Gasteiger partial charge >= 0.3 is 0 Å². The Morgan fingerprint density at radius 3 is 2.81 bits per heavy atom. The average molecular weight is 369 g/mol. The number of benzene rings is 1. The lowest BCUT2D eigenvalue weighted by Gasteiger charge is -2.28. The number of hydrogen-bond donors (Lipinski definition) is 3. The van der Waals surface area contributed by atoms with E-state index in [0.717, 1.165) is 43.1 Å². The van der Waals surface area contributed by atoms with E-state index < -0.39 is 0 Å². The number of aromatic nitrogens is 2. The molecule has 1 fully saturated rings. The van der Waals surface area contributed by atoms with Crippen molar-refractivity contribution in [1.82, 2.24) is 25.7 Å². The Bertz CT molecular complexity index is 780. The number of rotatable bonds is 6. The summed E-state index contributed by atoms with van der Waals surface area (Å²) in [6.07, 6.45) is 3.30. The van der Waals surface area contributed by atoms with E-state index in [9.17, 15) is 4.79 Å². The molecule has 1 aromatic carbocycles. The summed E-state index contributed by atoms with van der Waals surface area (Å²) in [4.78, 5) is 15.2. The molecule has 144 valence electrons. The zero-order valence-electron chi connectivity index (χ0n) is 15.8. The van der Waals surface area contributed by atoms with Crippen LogP contribution in [0.1, 0.15) is 46.2 Å². The Kier molecular flexibility index (Phi) is 5.40. The number of ether oxygens (including phenoxy) is 1. The summed E-state index contributed by atoms with van der Waals surface area (Å²) in [6, 6.07) is 8.31. The van der Waals surface area contributed by atoms with Gasteiger partial charge in [-0.3, -0.25) is 14.8 Å². The third-order valence-electron chi connectivity index (χ3n) is 5.56. The summed E-state index contributed by atoms with van der Waals surface area (Å²) in [6.45, 7) is 4.32. The number of likely N-dealkylation sites (tertiary alicyclic amines) is 1. The molecule has 1 amide bonds. The van der Waals surface area contributed by atoms with E-state index in [-0.39, 0.29) is 11.9 Å². The first-order chi connectivity index (χ1) is 13.3. The summed E-state index contributed by atoms with van der Waals surface area (Å²) in [5, 5.41) is 13.7. The first kappa shape index (κ1) is 18.0. The number of nitrogens with one attached hydrogen (secondary N) is 3. The third kappa shape index (κ3) is 3.84. The topological polar surface area (TPSA) is 82.3 Å². The lowest BCUT2D eigenvalue weighted by atomic mass is 10.0. The van der Waals surface area contributed by atoms with E-state index in [4.69, 9.17) is 4.74 Å². The number of aromatic amines is 1. The Balaban J connectivity index is 1.48. The second-order valence-corrected chi connectivity index (χ2v) is 7.20. The largest absolute Gasteiger partial charge is 0.497 e. The maximum atomic E-state index is 12.8. The first-order valence-corrected chi connectivity index (χ1v) is 9.69. The minimum atomic E-state index is -0.103. The van der Waals surface area contributed by atoms with E-state index in [0.29, 0.717) is 18.8 Å². The monoisotopic (exact) mass is 369 g/mol. The fourth-order valence-corrected chi connectivity index (χ4v) is 4.02. The molecule has 0 radical (unpaired) electrons. The van der Waals surface area contributed by atoms with E-state index in [2.05, 4.69) is 37.9 Å². The van der Waals surface area contributed by atoms with Crippen LogP contribution in [0.25, 0.3) is 0 Å². The van der Waals surface area contributed by atoms with Gasteiger partial charge in [0.15, 0.2) is 5.69 Å². The van der Waals surface area contributed by atoms with Crippen molar-refractivity contribution in [1.29, 1.82) is 0 Å². The van der Waals surface area contributed by atoms with Gasteiger partial charge in [0.2, 0.25) is 0 Å². The zero-order valence-corrected chi connectivity index (χ0v) is 15.8. The molecule has 27 heavy (non-hydrogen) atoms. The molecule has 2 aliphatic rings. The molecule has 0 aliphatic carbocycles. The summed E-state index contributed by atoms with van der Waals surface area (Å²) in [7, 11) is 1.67. The number of amides is 1. The fraction of sp³-hybridized carbons (Fsp3) is 0.500. The highest BCUT2D eigenvalue weighted by Crippen LogP contribution is 2.26. The van der Waals surface area contributed by atoms with E-state index >= 15 is 0 Å². The van der Waals surface area contributed by atoms with Crippen LogP contribution in [0.4, 0.5) is 0 Å². The van der Waals surface area contributed by atoms with Crippen molar-refractivity contribution >= 4 is 5.91 Å². The van der Waals surface area contributed by atoms with Gasteiger partial charge in [-0.15, -0.1) is 0 Å². The molecule has 3 heterocycles. The Hall–Kier alpha value is -2.38. The van der Waals surface area contributed by atoms with Gasteiger partial charge in [-0.2, -0.15) is 5.10 Å². The Morgan fingerprint density at radius 1 is 1.30 bits per heavy atom. The van der Waals surface area contributed by atoms with Crippen molar-refractivity contribution in [3.05, 3.63) is 46.8 Å². The predicted molar refractivity (Wildman–Crippen MR) is 103 cm³/mol. The number of methoxy groups -OCH3 is 1. The van der Waals surface area contributed by atoms with Gasteiger partial charge in [0.1, 0.15) is 5.75 Å². The van der Waals surface area contributed by atoms with Crippen LogP contribution in [0.2, 0.25) is 0 Å². The number of nitrogens with zero attached hydrogens (tertiary/aromatic N) is 2. The second-order valence-electron chi connectivity index (χ2n) is 7.20. The third-order valence-corrected chi connectivity index (χ3v) is 5.56. The van der Waals surface area contributed by atoms with Crippen LogP contribution >= 0.6 is 0 Å². The van der Waals surface area contributed by atoms with Gasteiger partial charge in [0.25, 0.3) is 5.91 Å². The van der Waals surface area contributed by atoms with E-state index in [1.54, 1.807) is 7.11 Å². The van der Waals surface area contributed by atoms with Crippen molar-refractivity contribution in [2.75, 3.05) is 33.3 Å². The fourth-order valence-electron chi connectivity index (χ4n) is 4.02. The maximum absolute atomic E-state index is 12.8. The predicted octanol–water partition coefficient (Wildman–Crippen LogP) is 1.63. The van der Waals surface area contributed by atoms with Gasteiger partial charge in [-0.1, -0.05) is 12.1 Å².